The molecule has 1 aliphatic heterocycles. The maximum absolute atomic E-state index is 12.2. The Kier molecular flexibility index (Phi) is 2.91. The summed E-state index contributed by atoms with van der Waals surface area (Å²) in [5.74, 6) is 1.35. The molecule has 1 aromatic heterocycles. The fraction of sp³-hybridized carbons (Fsp3) is 0.200. The van der Waals surface area contributed by atoms with Gasteiger partial charge in [-0.15, -0.1) is 0 Å². The van der Waals surface area contributed by atoms with Crippen LogP contribution >= 0.6 is 0 Å². The SMILES string of the molecule is COc1ccc2c(c1)C(=O)CC(c1ccncc1)O2. The van der Waals surface area contributed by atoms with E-state index in [1.807, 2.05) is 12.1 Å². The molecule has 0 radical (unpaired) electrons. The lowest BCUT2D eigenvalue weighted by Crippen LogP contribution is -2.20. The number of hydrogen-bond donors (Lipinski definition) is 0. The summed E-state index contributed by atoms with van der Waals surface area (Å²) in [6.07, 6.45) is 3.50. The van der Waals surface area contributed by atoms with Crippen molar-refractivity contribution < 1.29 is 14.3 Å². The smallest absolute Gasteiger partial charge is 0.170 e. The second-order valence-electron chi connectivity index (χ2n) is 4.38. The predicted molar refractivity (Wildman–Crippen MR) is 69.5 cm³/mol. The number of Topliss-reactive ketones (excluding diaryl/α,β-unsaturated/α-hetero) is 1. The molecule has 3 rings (SSSR count). The van der Waals surface area contributed by atoms with E-state index in [1.165, 1.54) is 0 Å². The van der Waals surface area contributed by atoms with E-state index in [1.54, 1.807) is 37.7 Å². The molecule has 2 heterocycles. The van der Waals surface area contributed by atoms with E-state index in [4.69, 9.17) is 9.47 Å². The minimum Gasteiger partial charge on any atom is -0.497 e. The summed E-state index contributed by atoms with van der Waals surface area (Å²) < 4.78 is 11.0. The van der Waals surface area contributed by atoms with Gasteiger partial charge in [0.05, 0.1) is 19.1 Å². The van der Waals surface area contributed by atoms with Crippen LogP contribution in [0, 0.1) is 0 Å². The van der Waals surface area contributed by atoms with Crippen LogP contribution < -0.4 is 9.47 Å². The van der Waals surface area contributed by atoms with Crippen molar-refractivity contribution in [3.63, 3.8) is 0 Å². The molecule has 1 aliphatic rings. The highest BCUT2D eigenvalue weighted by Crippen LogP contribution is 2.36. The molecule has 0 aliphatic carbocycles. The van der Waals surface area contributed by atoms with Gasteiger partial charge >= 0.3 is 0 Å². The summed E-state index contributed by atoms with van der Waals surface area (Å²) in [6.45, 7) is 0. The number of hydrogen-bond acceptors (Lipinski definition) is 4. The molecule has 96 valence electrons. The third kappa shape index (κ3) is 2.17. The highest BCUT2D eigenvalue weighted by Gasteiger charge is 2.27. The number of fused-ring (bicyclic) bond motifs is 1. The molecule has 1 atom stereocenters. The number of pyridine rings is 1. The monoisotopic (exact) mass is 255 g/mol. The number of carbonyl (C=O) groups excluding carboxylic acids is 1. The fourth-order valence-corrected chi connectivity index (χ4v) is 2.19. The first-order chi connectivity index (χ1) is 9.28. The zero-order valence-corrected chi connectivity index (χ0v) is 10.5. The molecule has 4 nitrogen and oxygen atoms in total. The standard InChI is InChI=1S/C15H13NO3/c1-18-11-2-3-14-12(8-11)13(17)9-15(19-14)10-4-6-16-7-5-10/h2-8,15H,9H2,1H3. The van der Waals surface area contributed by atoms with Crippen LogP contribution in [-0.2, 0) is 0 Å². The quantitative estimate of drug-likeness (QED) is 0.828. The average molecular weight is 255 g/mol. The summed E-state index contributed by atoms with van der Waals surface area (Å²) in [4.78, 5) is 16.2. The van der Waals surface area contributed by atoms with Crippen LogP contribution in [0.2, 0.25) is 0 Å². The average Bonchev–Trinajstić information content (AvgIpc) is 2.48. The molecule has 0 N–H and O–H groups in total. The Bertz CT molecular complexity index is 610. The van der Waals surface area contributed by atoms with Gasteiger partial charge in [0.1, 0.15) is 17.6 Å². The van der Waals surface area contributed by atoms with Crippen LogP contribution in [0.3, 0.4) is 0 Å². The molecule has 1 aromatic carbocycles. The molecular formula is C15H13NO3. The first kappa shape index (κ1) is 11.7. The zero-order chi connectivity index (χ0) is 13.2. The van der Waals surface area contributed by atoms with Crippen molar-refractivity contribution in [2.75, 3.05) is 7.11 Å². The number of methoxy groups -OCH3 is 1. The van der Waals surface area contributed by atoms with Crippen molar-refractivity contribution >= 4 is 5.78 Å². The Balaban J connectivity index is 1.95. The Morgan fingerprint density at radius 2 is 2.05 bits per heavy atom. The number of rotatable bonds is 2. The van der Waals surface area contributed by atoms with Crippen LogP contribution in [0.4, 0.5) is 0 Å². The van der Waals surface area contributed by atoms with Crippen molar-refractivity contribution in [2.24, 2.45) is 0 Å². The molecule has 0 amide bonds. The van der Waals surface area contributed by atoms with Crippen molar-refractivity contribution in [1.29, 1.82) is 0 Å². The second kappa shape index (κ2) is 4.72. The first-order valence-corrected chi connectivity index (χ1v) is 6.06. The van der Waals surface area contributed by atoms with Crippen LogP contribution in [0.25, 0.3) is 0 Å². The van der Waals surface area contributed by atoms with Crippen molar-refractivity contribution in [3.8, 4) is 11.5 Å². The molecule has 0 fully saturated rings. The first-order valence-electron chi connectivity index (χ1n) is 6.06. The van der Waals surface area contributed by atoms with Gasteiger partial charge in [-0.05, 0) is 35.9 Å². The number of benzene rings is 1. The van der Waals surface area contributed by atoms with E-state index < -0.39 is 0 Å². The molecule has 19 heavy (non-hydrogen) atoms. The van der Waals surface area contributed by atoms with Gasteiger partial charge in [0.15, 0.2) is 5.78 Å². The Morgan fingerprint density at radius 3 is 2.79 bits per heavy atom. The number of ketones is 1. The third-order valence-electron chi connectivity index (χ3n) is 3.21. The van der Waals surface area contributed by atoms with E-state index in [0.29, 0.717) is 23.5 Å². The van der Waals surface area contributed by atoms with Crippen molar-refractivity contribution in [1.82, 2.24) is 4.98 Å². The Labute approximate surface area is 111 Å². The molecule has 0 spiro atoms. The van der Waals surface area contributed by atoms with Gasteiger partial charge in [0, 0.05) is 12.4 Å². The summed E-state index contributed by atoms with van der Waals surface area (Å²) in [7, 11) is 1.58. The summed E-state index contributed by atoms with van der Waals surface area (Å²) in [6, 6.07) is 9.03. The Hall–Kier alpha value is -2.36. The van der Waals surface area contributed by atoms with E-state index in [9.17, 15) is 4.79 Å². The number of aromatic nitrogens is 1. The van der Waals surface area contributed by atoms with E-state index >= 15 is 0 Å². The predicted octanol–water partition coefficient (Wildman–Crippen LogP) is 2.80. The van der Waals surface area contributed by atoms with Crippen molar-refractivity contribution in [2.45, 2.75) is 12.5 Å². The molecule has 2 aromatic rings. The maximum atomic E-state index is 12.2. The van der Waals surface area contributed by atoms with Gasteiger partial charge in [-0.1, -0.05) is 0 Å². The van der Waals surface area contributed by atoms with E-state index in [2.05, 4.69) is 4.98 Å². The van der Waals surface area contributed by atoms with E-state index in [0.717, 1.165) is 5.56 Å². The highest BCUT2D eigenvalue weighted by atomic mass is 16.5. The molecular weight excluding hydrogens is 242 g/mol. The normalized spacial score (nSPS) is 17.5. The van der Waals surface area contributed by atoms with Gasteiger partial charge in [-0.2, -0.15) is 0 Å². The summed E-state index contributed by atoms with van der Waals surface area (Å²) in [5, 5.41) is 0. The van der Waals surface area contributed by atoms with Gasteiger partial charge in [0.2, 0.25) is 0 Å². The number of ether oxygens (including phenoxy) is 2. The topological polar surface area (TPSA) is 48.4 Å². The molecule has 0 bridgehead atoms. The fourth-order valence-electron chi connectivity index (χ4n) is 2.19. The van der Waals surface area contributed by atoms with Crippen LogP contribution in [0.1, 0.15) is 28.4 Å². The third-order valence-corrected chi connectivity index (χ3v) is 3.21. The second-order valence-corrected chi connectivity index (χ2v) is 4.38. The van der Waals surface area contributed by atoms with Crippen molar-refractivity contribution in [3.05, 3.63) is 53.9 Å². The molecule has 1 unspecified atom stereocenters. The van der Waals surface area contributed by atoms with Gasteiger partial charge < -0.3 is 9.47 Å². The number of carbonyl (C=O) groups is 1. The summed E-state index contributed by atoms with van der Waals surface area (Å²) in [5.41, 5.74) is 1.55. The highest BCUT2D eigenvalue weighted by molar-refractivity contribution is 6.00. The lowest BCUT2D eigenvalue weighted by Gasteiger charge is -2.25. The zero-order valence-electron chi connectivity index (χ0n) is 10.5. The van der Waals surface area contributed by atoms with Crippen LogP contribution in [-0.4, -0.2) is 17.9 Å². The number of nitrogens with zero attached hydrogens (tertiary/aromatic N) is 1. The lowest BCUT2D eigenvalue weighted by atomic mass is 9.97. The largest absolute Gasteiger partial charge is 0.497 e. The molecule has 0 saturated heterocycles. The molecule has 0 saturated carbocycles. The molecule has 4 heteroatoms. The maximum Gasteiger partial charge on any atom is 0.170 e. The summed E-state index contributed by atoms with van der Waals surface area (Å²) >= 11 is 0. The van der Waals surface area contributed by atoms with Crippen LogP contribution in [0.15, 0.2) is 42.7 Å². The van der Waals surface area contributed by atoms with Crippen LogP contribution in [0.5, 0.6) is 11.5 Å². The van der Waals surface area contributed by atoms with Gasteiger partial charge in [-0.3, -0.25) is 9.78 Å². The van der Waals surface area contributed by atoms with Gasteiger partial charge in [-0.25, -0.2) is 0 Å². The minimum absolute atomic E-state index is 0.0713. The van der Waals surface area contributed by atoms with E-state index in [-0.39, 0.29) is 11.9 Å². The lowest BCUT2D eigenvalue weighted by molar-refractivity contribution is 0.0849. The minimum atomic E-state index is -0.239. The van der Waals surface area contributed by atoms with Gasteiger partial charge in [0.25, 0.3) is 0 Å². The Morgan fingerprint density at radius 1 is 1.26 bits per heavy atom.